The molecule has 1 aromatic rings. The van der Waals surface area contributed by atoms with E-state index in [0.717, 1.165) is 6.54 Å². The van der Waals surface area contributed by atoms with E-state index < -0.39 is 10.0 Å². The lowest BCUT2D eigenvalue weighted by Crippen LogP contribution is -2.32. The molecule has 1 atom stereocenters. The number of sulfonamides is 1. The zero-order chi connectivity index (χ0) is 15.5. The first kappa shape index (κ1) is 16.6. The molecule has 1 saturated heterocycles. The number of anilines is 1. The summed E-state index contributed by atoms with van der Waals surface area (Å²) in [4.78, 5) is 0.324. The number of thioether (sulfide) groups is 1. The number of hydrogen-bond acceptors (Lipinski definition) is 4. The smallest absolute Gasteiger partial charge is 0.242 e. The van der Waals surface area contributed by atoms with E-state index in [1.54, 1.807) is 12.1 Å². The third kappa shape index (κ3) is 4.37. The number of para-hydroxylation sites is 1. The molecular formula is C15H24N2O2S2. The number of hydrogen-bond donors (Lipinski definition) is 2. The first-order valence-corrected chi connectivity index (χ1v) is 9.78. The highest BCUT2D eigenvalue weighted by Crippen LogP contribution is 2.38. The molecule has 0 radical (unpaired) electrons. The Hall–Kier alpha value is -0.720. The molecular weight excluding hydrogens is 304 g/mol. The largest absolute Gasteiger partial charge is 0.383 e. The van der Waals surface area contributed by atoms with Crippen LogP contribution < -0.4 is 10.0 Å². The maximum absolute atomic E-state index is 12.4. The van der Waals surface area contributed by atoms with Gasteiger partial charge in [-0.05, 0) is 51.5 Å². The van der Waals surface area contributed by atoms with Crippen molar-refractivity contribution in [3.63, 3.8) is 0 Å². The van der Waals surface area contributed by atoms with Crippen molar-refractivity contribution in [3.05, 3.63) is 24.3 Å². The van der Waals surface area contributed by atoms with Gasteiger partial charge in [0.05, 0.1) is 5.69 Å². The molecule has 1 heterocycles. The van der Waals surface area contributed by atoms with E-state index in [1.165, 1.54) is 18.6 Å². The van der Waals surface area contributed by atoms with Crippen molar-refractivity contribution in [1.29, 1.82) is 0 Å². The van der Waals surface area contributed by atoms with Crippen LogP contribution in [0.25, 0.3) is 0 Å². The molecule has 1 aromatic carbocycles. The van der Waals surface area contributed by atoms with Crippen molar-refractivity contribution in [2.45, 2.75) is 49.3 Å². The molecule has 2 rings (SSSR count). The molecule has 0 aromatic heterocycles. The average molecular weight is 329 g/mol. The Balaban J connectivity index is 2.17. The summed E-state index contributed by atoms with van der Waals surface area (Å²) in [7, 11) is -3.48. The zero-order valence-electron chi connectivity index (χ0n) is 12.8. The Kier molecular flexibility index (Phi) is 5.22. The summed E-state index contributed by atoms with van der Waals surface area (Å²) in [6.45, 7) is 6.67. The van der Waals surface area contributed by atoms with E-state index in [4.69, 9.17) is 0 Å². The van der Waals surface area contributed by atoms with Crippen molar-refractivity contribution >= 4 is 27.5 Å². The highest BCUT2D eigenvalue weighted by atomic mass is 32.2. The van der Waals surface area contributed by atoms with E-state index in [-0.39, 0.29) is 10.8 Å². The molecule has 1 unspecified atom stereocenters. The van der Waals surface area contributed by atoms with Gasteiger partial charge in [0.15, 0.2) is 0 Å². The molecule has 6 heteroatoms. The van der Waals surface area contributed by atoms with Gasteiger partial charge in [0, 0.05) is 17.3 Å². The van der Waals surface area contributed by atoms with Gasteiger partial charge < -0.3 is 5.32 Å². The predicted molar refractivity (Wildman–Crippen MR) is 90.5 cm³/mol. The summed E-state index contributed by atoms with van der Waals surface area (Å²) < 4.78 is 27.6. The van der Waals surface area contributed by atoms with E-state index >= 15 is 0 Å². The molecule has 0 bridgehead atoms. The SMILES string of the molecule is CC(C)NS(=O)(=O)c1ccccc1NCC1(C)CCCS1. The van der Waals surface area contributed by atoms with E-state index in [9.17, 15) is 8.42 Å². The Bertz CT molecular complexity index is 579. The zero-order valence-corrected chi connectivity index (χ0v) is 14.5. The maximum atomic E-state index is 12.4. The molecule has 1 aliphatic heterocycles. The van der Waals surface area contributed by atoms with Gasteiger partial charge >= 0.3 is 0 Å². The molecule has 0 saturated carbocycles. The topological polar surface area (TPSA) is 58.2 Å². The first-order chi connectivity index (χ1) is 9.82. The van der Waals surface area contributed by atoms with Gasteiger partial charge in [0.25, 0.3) is 0 Å². The highest BCUT2D eigenvalue weighted by Gasteiger charge is 2.29. The van der Waals surface area contributed by atoms with E-state index in [1.807, 2.05) is 37.7 Å². The van der Waals surface area contributed by atoms with Crippen LogP contribution >= 0.6 is 11.8 Å². The minimum Gasteiger partial charge on any atom is -0.383 e. The number of nitrogens with one attached hydrogen (secondary N) is 2. The maximum Gasteiger partial charge on any atom is 0.242 e. The molecule has 1 aliphatic rings. The van der Waals surface area contributed by atoms with Crippen LogP contribution in [0.4, 0.5) is 5.69 Å². The molecule has 1 fully saturated rings. The number of benzene rings is 1. The summed E-state index contributed by atoms with van der Waals surface area (Å²) in [5, 5.41) is 3.34. The van der Waals surface area contributed by atoms with Crippen LogP contribution in [0, 0.1) is 0 Å². The van der Waals surface area contributed by atoms with Crippen LogP contribution in [0.15, 0.2) is 29.2 Å². The molecule has 0 amide bonds. The second-order valence-electron chi connectivity index (χ2n) is 6.03. The molecule has 0 aliphatic carbocycles. The van der Waals surface area contributed by atoms with Gasteiger partial charge in [-0.15, -0.1) is 0 Å². The van der Waals surface area contributed by atoms with E-state index in [0.29, 0.717) is 10.6 Å². The van der Waals surface area contributed by atoms with Crippen molar-refractivity contribution in [1.82, 2.24) is 4.72 Å². The first-order valence-electron chi connectivity index (χ1n) is 7.32. The predicted octanol–water partition coefficient (Wildman–Crippen LogP) is 3.07. The monoisotopic (exact) mass is 328 g/mol. The lowest BCUT2D eigenvalue weighted by atomic mass is 10.1. The summed E-state index contributed by atoms with van der Waals surface area (Å²) in [5.74, 6) is 1.19. The van der Waals surface area contributed by atoms with Crippen molar-refractivity contribution in [2.75, 3.05) is 17.6 Å². The average Bonchev–Trinajstić information content (AvgIpc) is 2.83. The standard InChI is InChI=1S/C15H24N2O2S2/c1-12(2)17-21(18,19)14-8-5-4-7-13(14)16-11-15(3)9-6-10-20-15/h4-5,7-8,12,16-17H,6,9-11H2,1-3H3. The minimum atomic E-state index is -3.48. The van der Waals surface area contributed by atoms with Gasteiger partial charge in [-0.1, -0.05) is 12.1 Å². The van der Waals surface area contributed by atoms with E-state index in [2.05, 4.69) is 17.0 Å². The second kappa shape index (κ2) is 6.58. The Labute approximate surface area is 132 Å². The summed E-state index contributed by atoms with van der Waals surface area (Å²) >= 11 is 1.96. The highest BCUT2D eigenvalue weighted by molar-refractivity contribution is 8.00. The summed E-state index contributed by atoms with van der Waals surface area (Å²) in [6, 6.07) is 6.98. The Morgan fingerprint density at radius 2 is 2.05 bits per heavy atom. The molecule has 0 spiro atoms. The fourth-order valence-corrected chi connectivity index (χ4v) is 5.16. The number of rotatable bonds is 6. The fraction of sp³-hybridized carbons (Fsp3) is 0.600. The molecule has 118 valence electrons. The van der Waals surface area contributed by atoms with Crippen LogP contribution in [-0.2, 0) is 10.0 Å². The third-order valence-corrected chi connectivity index (χ3v) is 6.78. The van der Waals surface area contributed by atoms with Gasteiger partial charge in [-0.2, -0.15) is 11.8 Å². The van der Waals surface area contributed by atoms with Crippen molar-refractivity contribution < 1.29 is 8.42 Å². The van der Waals surface area contributed by atoms with Crippen LogP contribution in [0.5, 0.6) is 0 Å². The van der Waals surface area contributed by atoms with Crippen LogP contribution in [-0.4, -0.2) is 31.5 Å². The Morgan fingerprint density at radius 1 is 1.33 bits per heavy atom. The minimum absolute atomic E-state index is 0.119. The molecule has 21 heavy (non-hydrogen) atoms. The lowest BCUT2D eigenvalue weighted by molar-refractivity contribution is 0.570. The summed E-state index contributed by atoms with van der Waals surface area (Å²) in [5.41, 5.74) is 0.680. The van der Waals surface area contributed by atoms with Crippen LogP contribution in [0.3, 0.4) is 0 Å². The lowest BCUT2D eigenvalue weighted by Gasteiger charge is -2.24. The quantitative estimate of drug-likeness (QED) is 0.842. The van der Waals surface area contributed by atoms with Crippen molar-refractivity contribution in [2.24, 2.45) is 0 Å². The third-order valence-electron chi connectivity index (χ3n) is 3.52. The van der Waals surface area contributed by atoms with Crippen LogP contribution in [0.2, 0.25) is 0 Å². The fourth-order valence-electron chi connectivity index (χ4n) is 2.48. The van der Waals surface area contributed by atoms with Gasteiger partial charge in [-0.25, -0.2) is 13.1 Å². The normalized spacial score (nSPS) is 22.7. The molecule has 2 N–H and O–H groups in total. The van der Waals surface area contributed by atoms with Gasteiger partial charge in [-0.3, -0.25) is 0 Å². The van der Waals surface area contributed by atoms with Gasteiger partial charge in [0.1, 0.15) is 4.90 Å². The van der Waals surface area contributed by atoms with Gasteiger partial charge in [0.2, 0.25) is 10.0 Å². The van der Waals surface area contributed by atoms with Crippen LogP contribution in [0.1, 0.15) is 33.6 Å². The molecule has 4 nitrogen and oxygen atoms in total. The summed E-state index contributed by atoms with van der Waals surface area (Å²) in [6.07, 6.45) is 2.40. The Morgan fingerprint density at radius 3 is 2.67 bits per heavy atom. The second-order valence-corrected chi connectivity index (χ2v) is 9.39. The van der Waals surface area contributed by atoms with Crippen molar-refractivity contribution in [3.8, 4) is 0 Å².